The largest absolute Gasteiger partial charge is 0.208 e. The number of benzene rings is 6. The molecule has 8 rings (SSSR count). The van der Waals surface area contributed by atoms with Crippen molar-refractivity contribution < 1.29 is 0 Å². The second-order valence-electron chi connectivity index (χ2n) is 10.9. The maximum absolute atomic E-state index is 4.94. The van der Waals surface area contributed by atoms with Crippen molar-refractivity contribution in [2.24, 2.45) is 0 Å². The average molecular weight is 550 g/mol. The van der Waals surface area contributed by atoms with Crippen molar-refractivity contribution in [2.45, 2.75) is 6.42 Å². The van der Waals surface area contributed by atoms with Crippen LogP contribution in [0.3, 0.4) is 0 Å². The molecule has 0 atom stereocenters. The fourth-order valence-electron chi connectivity index (χ4n) is 6.04. The van der Waals surface area contributed by atoms with Crippen molar-refractivity contribution in [3.05, 3.63) is 163 Å². The lowest BCUT2D eigenvalue weighted by atomic mass is 9.95. The lowest BCUT2D eigenvalue weighted by molar-refractivity contribution is 1.07. The van der Waals surface area contributed by atoms with Crippen LogP contribution in [-0.4, -0.2) is 15.0 Å². The molecule has 0 aliphatic heterocycles. The molecular formula is C40H27N3. The molecule has 1 aromatic heterocycles. The van der Waals surface area contributed by atoms with Crippen molar-refractivity contribution in [3.8, 4) is 67.5 Å². The SMILES string of the molecule is c1ccc(-c2nc(-c3ccccc3)nc(-c3cccc(-c4ccc5c(c4)-c4cccc(-c6ccccc6)c4C5)c3)n2)cc1. The van der Waals surface area contributed by atoms with Crippen LogP contribution in [0.2, 0.25) is 0 Å². The van der Waals surface area contributed by atoms with Crippen molar-refractivity contribution in [3.63, 3.8) is 0 Å². The Morgan fingerprint density at radius 3 is 1.47 bits per heavy atom. The molecule has 0 radical (unpaired) electrons. The van der Waals surface area contributed by atoms with Gasteiger partial charge in [0.1, 0.15) is 0 Å². The van der Waals surface area contributed by atoms with Gasteiger partial charge in [0.25, 0.3) is 0 Å². The summed E-state index contributed by atoms with van der Waals surface area (Å²) >= 11 is 0. The summed E-state index contributed by atoms with van der Waals surface area (Å²) in [5.41, 5.74) is 13.2. The van der Waals surface area contributed by atoms with Gasteiger partial charge in [-0.2, -0.15) is 0 Å². The molecule has 0 amide bonds. The Hall–Kier alpha value is -5.67. The highest BCUT2D eigenvalue weighted by atomic mass is 15.0. The molecule has 202 valence electrons. The van der Waals surface area contributed by atoms with Crippen molar-refractivity contribution in [1.29, 1.82) is 0 Å². The molecule has 0 fully saturated rings. The summed E-state index contributed by atoms with van der Waals surface area (Å²) < 4.78 is 0. The van der Waals surface area contributed by atoms with Crippen LogP contribution in [0, 0.1) is 0 Å². The van der Waals surface area contributed by atoms with E-state index in [-0.39, 0.29) is 0 Å². The highest BCUT2D eigenvalue weighted by molar-refractivity contribution is 5.87. The molecule has 6 aromatic carbocycles. The van der Waals surface area contributed by atoms with E-state index in [1.54, 1.807) is 0 Å². The highest BCUT2D eigenvalue weighted by Gasteiger charge is 2.22. The number of hydrogen-bond acceptors (Lipinski definition) is 3. The van der Waals surface area contributed by atoms with Gasteiger partial charge in [0.15, 0.2) is 17.5 Å². The van der Waals surface area contributed by atoms with Crippen LogP contribution in [-0.2, 0) is 6.42 Å². The van der Waals surface area contributed by atoms with Gasteiger partial charge < -0.3 is 0 Å². The Balaban J connectivity index is 1.20. The van der Waals surface area contributed by atoms with Gasteiger partial charge in [0, 0.05) is 16.7 Å². The fraction of sp³-hybridized carbons (Fsp3) is 0.0250. The quantitative estimate of drug-likeness (QED) is 0.214. The zero-order valence-corrected chi connectivity index (χ0v) is 23.5. The third kappa shape index (κ3) is 4.71. The second-order valence-corrected chi connectivity index (χ2v) is 10.9. The summed E-state index contributed by atoms with van der Waals surface area (Å²) in [6.45, 7) is 0. The maximum Gasteiger partial charge on any atom is 0.164 e. The van der Waals surface area contributed by atoms with E-state index in [0.29, 0.717) is 17.5 Å². The van der Waals surface area contributed by atoms with Crippen LogP contribution in [0.4, 0.5) is 0 Å². The Labute approximate surface area is 251 Å². The summed E-state index contributed by atoms with van der Waals surface area (Å²) in [7, 11) is 0. The first-order chi connectivity index (χ1) is 21.3. The Morgan fingerprint density at radius 2 is 0.814 bits per heavy atom. The number of fused-ring (bicyclic) bond motifs is 3. The van der Waals surface area contributed by atoms with Gasteiger partial charge in [0.2, 0.25) is 0 Å². The average Bonchev–Trinajstić information content (AvgIpc) is 3.47. The number of rotatable bonds is 5. The van der Waals surface area contributed by atoms with Gasteiger partial charge in [-0.25, -0.2) is 15.0 Å². The van der Waals surface area contributed by atoms with E-state index in [0.717, 1.165) is 28.7 Å². The molecule has 0 N–H and O–H groups in total. The zero-order valence-electron chi connectivity index (χ0n) is 23.5. The number of nitrogens with zero attached hydrogens (tertiary/aromatic N) is 3. The molecule has 43 heavy (non-hydrogen) atoms. The smallest absolute Gasteiger partial charge is 0.164 e. The van der Waals surface area contributed by atoms with Gasteiger partial charge >= 0.3 is 0 Å². The molecule has 7 aromatic rings. The second kappa shape index (κ2) is 10.6. The van der Waals surface area contributed by atoms with Crippen molar-refractivity contribution in [2.75, 3.05) is 0 Å². The van der Waals surface area contributed by atoms with E-state index >= 15 is 0 Å². The molecule has 1 aliphatic carbocycles. The predicted molar refractivity (Wildman–Crippen MR) is 175 cm³/mol. The Kier molecular flexibility index (Phi) is 6.20. The topological polar surface area (TPSA) is 38.7 Å². The molecule has 1 aliphatic rings. The lowest BCUT2D eigenvalue weighted by Crippen LogP contribution is -2.00. The summed E-state index contributed by atoms with van der Waals surface area (Å²) in [4.78, 5) is 14.7. The van der Waals surface area contributed by atoms with E-state index < -0.39 is 0 Å². The van der Waals surface area contributed by atoms with E-state index in [1.165, 1.54) is 38.9 Å². The minimum absolute atomic E-state index is 0.661. The first-order valence-corrected chi connectivity index (χ1v) is 14.6. The molecule has 1 heterocycles. The molecule has 0 spiro atoms. The Morgan fingerprint density at radius 1 is 0.326 bits per heavy atom. The molecule has 0 saturated heterocycles. The zero-order chi connectivity index (χ0) is 28.6. The minimum Gasteiger partial charge on any atom is -0.208 e. The molecule has 0 saturated carbocycles. The summed E-state index contributed by atoms with van der Waals surface area (Å²) in [6, 6.07) is 53.0. The van der Waals surface area contributed by atoms with Gasteiger partial charge in [-0.15, -0.1) is 0 Å². The molecule has 3 heteroatoms. The lowest BCUT2D eigenvalue weighted by Gasteiger charge is -2.11. The van der Waals surface area contributed by atoms with Gasteiger partial charge in [-0.3, -0.25) is 0 Å². The molecular weight excluding hydrogens is 522 g/mol. The minimum atomic E-state index is 0.661. The van der Waals surface area contributed by atoms with E-state index in [4.69, 9.17) is 15.0 Å². The van der Waals surface area contributed by atoms with Gasteiger partial charge in [-0.1, -0.05) is 140 Å². The maximum atomic E-state index is 4.94. The highest BCUT2D eigenvalue weighted by Crippen LogP contribution is 2.43. The van der Waals surface area contributed by atoms with Crippen molar-refractivity contribution in [1.82, 2.24) is 15.0 Å². The van der Waals surface area contributed by atoms with Crippen LogP contribution >= 0.6 is 0 Å². The third-order valence-corrected chi connectivity index (χ3v) is 8.18. The van der Waals surface area contributed by atoms with Crippen LogP contribution in [0.5, 0.6) is 0 Å². The van der Waals surface area contributed by atoms with E-state index in [1.807, 2.05) is 60.7 Å². The number of aromatic nitrogens is 3. The van der Waals surface area contributed by atoms with Crippen molar-refractivity contribution >= 4 is 0 Å². The predicted octanol–water partition coefficient (Wildman–Crippen LogP) is 9.78. The first kappa shape index (κ1) is 25.1. The van der Waals surface area contributed by atoms with Crippen LogP contribution in [0.15, 0.2) is 152 Å². The van der Waals surface area contributed by atoms with Gasteiger partial charge in [0.05, 0.1) is 0 Å². The van der Waals surface area contributed by atoms with E-state index in [2.05, 4.69) is 91.0 Å². The standard InChI is InChI=1S/C40H27N3/c1-4-12-27(13-5-1)34-20-11-21-35-36-25-31(22-23-32(36)26-37(34)35)30-18-10-19-33(24-30)40-42-38(28-14-6-2-7-15-28)41-39(43-40)29-16-8-3-9-17-29/h1-25H,26H2. The van der Waals surface area contributed by atoms with E-state index in [9.17, 15) is 0 Å². The van der Waals surface area contributed by atoms with Gasteiger partial charge in [-0.05, 0) is 63.1 Å². The third-order valence-electron chi connectivity index (χ3n) is 8.18. The monoisotopic (exact) mass is 549 g/mol. The Bertz CT molecular complexity index is 2030. The van der Waals surface area contributed by atoms with Crippen LogP contribution < -0.4 is 0 Å². The van der Waals surface area contributed by atoms with Crippen LogP contribution in [0.25, 0.3) is 67.5 Å². The summed E-state index contributed by atoms with van der Waals surface area (Å²) in [6.07, 6.45) is 0.950. The fourth-order valence-corrected chi connectivity index (χ4v) is 6.04. The number of hydrogen-bond donors (Lipinski definition) is 0. The molecule has 0 unspecified atom stereocenters. The summed E-state index contributed by atoms with van der Waals surface area (Å²) in [5, 5.41) is 0. The first-order valence-electron chi connectivity index (χ1n) is 14.6. The molecule has 3 nitrogen and oxygen atoms in total. The normalized spacial score (nSPS) is 11.6. The summed E-state index contributed by atoms with van der Waals surface area (Å²) in [5.74, 6) is 1.99. The molecule has 0 bridgehead atoms. The van der Waals surface area contributed by atoms with Crippen LogP contribution in [0.1, 0.15) is 11.1 Å².